The molecule has 0 bridgehead atoms. The first-order valence-electron chi connectivity index (χ1n) is 3.39. The summed E-state index contributed by atoms with van der Waals surface area (Å²) in [7, 11) is 0. The molecule has 0 amide bonds. The van der Waals surface area contributed by atoms with E-state index in [0.29, 0.717) is 0 Å². The lowest BCUT2D eigenvalue weighted by atomic mass is 10.2. The maximum absolute atomic E-state index is 8.98. The van der Waals surface area contributed by atoms with Crippen LogP contribution in [0.3, 0.4) is 0 Å². The van der Waals surface area contributed by atoms with E-state index in [9.17, 15) is 0 Å². The fourth-order valence-corrected chi connectivity index (χ4v) is 1.61. The molecule has 1 rings (SSSR count). The van der Waals surface area contributed by atoms with E-state index in [0.717, 1.165) is 16.2 Å². The highest BCUT2D eigenvalue weighted by Crippen LogP contribution is 2.21. The van der Waals surface area contributed by atoms with Crippen molar-refractivity contribution in [3.8, 4) is 0 Å². The molecule has 0 aromatic carbocycles. The summed E-state index contributed by atoms with van der Waals surface area (Å²) in [4.78, 5) is 5.20. The molecule has 0 fully saturated rings. The van der Waals surface area contributed by atoms with E-state index >= 15 is 0 Å². The van der Waals surface area contributed by atoms with Gasteiger partial charge in [0.05, 0.1) is 6.61 Å². The van der Waals surface area contributed by atoms with Crippen molar-refractivity contribution in [2.45, 2.75) is 18.4 Å². The summed E-state index contributed by atoms with van der Waals surface area (Å²) in [6, 6.07) is 1.92. The second kappa shape index (κ2) is 3.74. The van der Waals surface area contributed by atoms with Crippen LogP contribution in [-0.4, -0.2) is 16.3 Å². The zero-order valence-electron chi connectivity index (χ0n) is 6.66. The van der Waals surface area contributed by atoms with Crippen LogP contribution in [0.5, 0.6) is 0 Å². The minimum absolute atomic E-state index is 0.0792. The summed E-state index contributed by atoms with van der Waals surface area (Å²) >= 11 is 1.63. The first kappa shape index (κ1) is 8.56. The largest absolute Gasteiger partial charge is 0.392 e. The highest BCUT2D eigenvalue weighted by atomic mass is 32.2. The quantitative estimate of drug-likeness (QED) is 0.683. The van der Waals surface area contributed by atoms with Gasteiger partial charge in [-0.3, -0.25) is 4.98 Å². The Hall–Kier alpha value is -0.540. The van der Waals surface area contributed by atoms with Gasteiger partial charge in [0.25, 0.3) is 0 Å². The van der Waals surface area contributed by atoms with Gasteiger partial charge < -0.3 is 5.11 Å². The summed E-state index contributed by atoms with van der Waals surface area (Å²) in [5.74, 6) is 0. The summed E-state index contributed by atoms with van der Waals surface area (Å²) in [5.41, 5.74) is 1.86. The number of rotatable bonds is 2. The normalized spacial score (nSPS) is 10.1. The molecule has 3 heteroatoms. The molecule has 0 spiro atoms. The average molecular weight is 169 g/mol. The lowest BCUT2D eigenvalue weighted by Gasteiger charge is -2.05. The third-order valence-electron chi connectivity index (χ3n) is 1.61. The minimum Gasteiger partial charge on any atom is -0.392 e. The SMILES string of the molecule is CSc1ccnc(C)c1CO. The number of aryl methyl sites for hydroxylation is 1. The van der Waals surface area contributed by atoms with Crippen molar-refractivity contribution in [2.75, 3.05) is 6.26 Å². The Morgan fingerprint density at radius 3 is 2.82 bits per heavy atom. The van der Waals surface area contributed by atoms with Gasteiger partial charge in [0, 0.05) is 22.3 Å². The van der Waals surface area contributed by atoms with Crippen LogP contribution < -0.4 is 0 Å². The Morgan fingerprint density at radius 1 is 1.64 bits per heavy atom. The van der Waals surface area contributed by atoms with Gasteiger partial charge >= 0.3 is 0 Å². The van der Waals surface area contributed by atoms with Gasteiger partial charge in [0.2, 0.25) is 0 Å². The van der Waals surface area contributed by atoms with E-state index in [4.69, 9.17) is 5.11 Å². The smallest absolute Gasteiger partial charge is 0.0710 e. The van der Waals surface area contributed by atoms with Crippen molar-refractivity contribution in [3.63, 3.8) is 0 Å². The van der Waals surface area contributed by atoms with Gasteiger partial charge in [0.15, 0.2) is 0 Å². The molecule has 0 saturated carbocycles. The fraction of sp³-hybridized carbons (Fsp3) is 0.375. The van der Waals surface area contributed by atoms with Crippen LogP contribution >= 0.6 is 11.8 Å². The molecule has 0 radical (unpaired) electrons. The van der Waals surface area contributed by atoms with Crippen LogP contribution in [0.25, 0.3) is 0 Å². The Balaban J connectivity index is 3.13. The fourth-order valence-electron chi connectivity index (χ4n) is 0.957. The van der Waals surface area contributed by atoms with E-state index < -0.39 is 0 Å². The average Bonchev–Trinajstić information content (AvgIpc) is 2.04. The maximum Gasteiger partial charge on any atom is 0.0710 e. The number of hydrogen-bond donors (Lipinski definition) is 1. The van der Waals surface area contributed by atoms with Gasteiger partial charge in [-0.1, -0.05) is 0 Å². The number of aromatic nitrogens is 1. The standard InChI is InChI=1S/C8H11NOS/c1-6-7(5-10)8(11-2)3-4-9-6/h3-4,10H,5H2,1-2H3. The summed E-state index contributed by atoms with van der Waals surface area (Å²) in [5, 5.41) is 8.98. The van der Waals surface area contributed by atoms with Crippen molar-refractivity contribution >= 4 is 11.8 Å². The molecule has 0 unspecified atom stereocenters. The zero-order chi connectivity index (χ0) is 8.27. The second-order valence-corrected chi connectivity index (χ2v) is 3.08. The van der Waals surface area contributed by atoms with Gasteiger partial charge in [-0.15, -0.1) is 11.8 Å². The van der Waals surface area contributed by atoms with E-state index in [1.165, 1.54) is 0 Å². The minimum atomic E-state index is 0.0792. The third kappa shape index (κ3) is 1.73. The number of hydrogen-bond acceptors (Lipinski definition) is 3. The molecule has 2 nitrogen and oxygen atoms in total. The highest BCUT2D eigenvalue weighted by Gasteiger charge is 2.02. The maximum atomic E-state index is 8.98. The monoisotopic (exact) mass is 169 g/mol. The number of nitrogens with zero attached hydrogens (tertiary/aromatic N) is 1. The van der Waals surface area contributed by atoms with Gasteiger partial charge in [0.1, 0.15) is 0 Å². The number of pyridine rings is 1. The predicted molar refractivity (Wildman–Crippen MR) is 46.7 cm³/mol. The van der Waals surface area contributed by atoms with Crippen molar-refractivity contribution in [1.82, 2.24) is 4.98 Å². The van der Waals surface area contributed by atoms with Gasteiger partial charge in [-0.2, -0.15) is 0 Å². The molecular weight excluding hydrogens is 158 g/mol. The molecule has 1 heterocycles. The molecule has 1 N–H and O–H groups in total. The summed E-state index contributed by atoms with van der Waals surface area (Å²) < 4.78 is 0. The molecule has 60 valence electrons. The van der Waals surface area contributed by atoms with Gasteiger partial charge in [-0.25, -0.2) is 0 Å². The van der Waals surface area contributed by atoms with Crippen LogP contribution in [0, 0.1) is 6.92 Å². The van der Waals surface area contributed by atoms with Crippen molar-refractivity contribution in [2.24, 2.45) is 0 Å². The van der Waals surface area contributed by atoms with E-state index in [1.54, 1.807) is 18.0 Å². The molecule has 11 heavy (non-hydrogen) atoms. The number of aliphatic hydroxyl groups excluding tert-OH is 1. The number of thioether (sulfide) groups is 1. The van der Waals surface area contributed by atoms with Crippen molar-refractivity contribution in [3.05, 3.63) is 23.5 Å². The molecule has 0 aliphatic rings. The zero-order valence-corrected chi connectivity index (χ0v) is 7.48. The Bertz CT molecular complexity index is 250. The first-order valence-corrected chi connectivity index (χ1v) is 4.61. The highest BCUT2D eigenvalue weighted by molar-refractivity contribution is 7.98. The van der Waals surface area contributed by atoms with Crippen molar-refractivity contribution in [1.29, 1.82) is 0 Å². The Labute approximate surface area is 70.7 Å². The molecular formula is C8H11NOS. The van der Waals surface area contributed by atoms with E-state index in [2.05, 4.69) is 4.98 Å². The molecule has 1 aromatic rings. The Morgan fingerprint density at radius 2 is 2.36 bits per heavy atom. The molecule has 0 atom stereocenters. The molecule has 1 aromatic heterocycles. The van der Waals surface area contributed by atoms with Gasteiger partial charge in [-0.05, 0) is 19.2 Å². The summed E-state index contributed by atoms with van der Waals surface area (Å²) in [6.45, 7) is 1.99. The van der Waals surface area contributed by atoms with Crippen LogP contribution in [-0.2, 0) is 6.61 Å². The van der Waals surface area contributed by atoms with E-state index in [-0.39, 0.29) is 6.61 Å². The van der Waals surface area contributed by atoms with Crippen LogP contribution in [0.4, 0.5) is 0 Å². The lowest BCUT2D eigenvalue weighted by molar-refractivity contribution is 0.277. The molecule has 0 saturated heterocycles. The molecule has 0 aliphatic carbocycles. The van der Waals surface area contributed by atoms with Crippen LogP contribution in [0.1, 0.15) is 11.3 Å². The molecule has 0 aliphatic heterocycles. The lowest BCUT2D eigenvalue weighted by Crippen LogP contribution is -1.94. The summed E-state index contributed by atoms with van der Waals surface area (Å²) in [6.07, 6.45) is 3.76. The second-order valence-electron chi connectivity index (χ2n) is 2.24. The number of aliphatic hydroxyl groups is 1. The first-order chi connectivity index (χ1) is 5.29. The van der Waals surface area contributed by atoms with Crippen LogP contribution in [0.2, 0.25) is 0 Å². The van der Waals surface area contributed by atoms with Crippen LogP contribution in [0.15, 0.2) is 17.2 Å². The topological polar surface area (TPSA) is 33.1 Å². The third-order valence-corrected chi connectivity index (χ3v) is 2.43. The Kier molecular flexibility index (Phi) is 2.91. The predicted octanol–water partition coefficient (Wildman–Crippen LogP) is 1.60. The van der Waals surface area contributed by atoms with E-state index in [1.807, 2.05) is 19.2 Å². The van der Waals surface area contributed by atoms with Crippen molar-refractivity contribution < 1.29 is 5.11 Å².